The van der Waals surface area contributed by atoms with E-state index in [1.807, 2.05) is 0 Å². The van der Waals surface area contributed by atoms with Gasteiger partial charge >= 0.3 is 0 Å². The highest BCUT2D eigenvalue weighted by Gasteiger charge is 2.36. The van der Waals surface area contributed by atoms with Crippen LogP contribution < -0.4 is 10.1 Å². The number of hydrogen-bond donors (Lipinski definition) is 2. The van der Waals surface area contributed by atoms with Gasteiger partial charge in [0.25, 0.3) is 11.1 Å². The van der Waals surface area contributed by atoms with E-state index in [9.17, 15) is 19.5 Å². The monoisotopic (exact) mass is 384 g/mol. The molecular formula is C19H16N2O5S. The number of imide groups is 1. The van der Waals surface area contributed by atoms with Gasteiger partial charge in [-0.15, -0.1) is 0 Å². The molecule has 1 aliphatic heterocycles. The third kappa shape index (κ3) is 4.48. The minimum absolute atomic E-state index is 0.107. The van der Waals surface area contributed by atoms with Gasteiger partial charge in [0.2, 0.25) is 5.91 Å². The lowest BCUT2D eigenvalue weighted by Crippen LogP contribution is -2.36. The fourth-order valence-corrected chi connectivity index (χ4v) is 3.21. The number of carbonyl (C=O) groups is 3. The van der Waals surface area contributed by atoms with Crippen molar-refractivity contribution in [2.24, 2.45) is 0 Å². The lowest BCUT2D eigenvalue weighted by Gasteiger charge is -2.12. The number of anilines is 1. The van der Waals surface area contributed by atoms with Crippen molar-refractivity contribution in [3.05, 3.63) is 59.0 Å². The highest BCUT2D eigenvalue weighted by Crippen LogP contribution is 2.32. The van der Waals surface area contributed by atoms with Crippen molar-refractivity contribution in [2.75, 3.05) is 19.0 Å². The van der Waals surface area contributed by atoms with Crippen molar-refractivity contribution >= 4 is 40.6 Å². The Kier molecular flexibility index (Phi) is 5.46. The topological polar surface area (TPSA) is 95.9 Å². The standard InChI is InChI=1S/C19H16N2O5S/c1-26-15-8-4-13(5-9-15)20-17(23)11-21-18(24)16(27-19(21)25)10-12-2-6-14(22)7-3-12/h2-10,22H,11H2,1H3,(H,20,23)/b16-10+. The summed E-state index contributed by atoms with van der Waals surface area (Å²) in [5.41, 5.74) is 1.20. The molecule has 138 valence electrons. The molecule has 0 unspecified atom stereocenters. The Labute approximate surface area is 159 Å². The summed E-state index contributed by atoms with van der Waals surface area (Å²) in [5.74, 6) is -0.245. The van der Waals surface area contributed by atoms with Gasteiger partial charge in [0.05, 0.1) is 12.0 Å². The fourth-order valence-electron chi connectivity index (χ4n) is 2.38. The minimum Gasteiger partial charge on any atom is -0.508 e. The molecule has 2 aromatic carbocycles. The van der Waals surface area contributed by atoms with Crippen LogP contribution in [0.3, 0.4) is 0 Å². The Bertz CT molecular complexity index is 907. The number of rotatable bonds is 5. The number of carbonyl (C=O) groups excluding carboxylic acids is 3. The second-order valence-corrected chi connectivity index (χ2v) is 6.63. The van der Waals surface area contributed by atoms with E-state index in [1.54, 1.807) is 49.6 Å². The molecule has 0 atom stereocenters. The van der Waals surface area contributed by atoms with E-state index >= 15 is 0 Å². The number of aromatic hydroxyl groups is 1. The van der Waals surface area contributed by atoms with Crippen LogP contribution in [0.5, 0.6) is 11.5 Å². The van der Waals surface area contributed by atoms with Gasteiger partial charge in [0, 0.05) is 5.69 Å². The molecule has 1 fully saturated rings. The number of nitrogens with one attached hydrogen (secondary N) is 1. The molecule has 2 aromatic rings. The van der Waals surface area contributed by atoms with E-state index < -0.39 is 17.1 Å². The van der Waals surface area contributed by atoms with Crippen LogP contribution in [-0.2, 0) is 9.59 Å². The van der Waals surface area contributed by atoms with Crippen molar-refractivity contribution in [3.63, 3.8) is 0 Å². The average molecular weight is 384 g/mol. The van der Waals surface area contributed by atoms with Crippen LogP contribution in [0.1, 0.15) is 5.56 Å². The van der Waals surface area contributed by atoms with Gasteiger partial charge in [-0.25, -0.2) is 0 Å². The van der Waals surface area contributed by atoms with Crippen molar-refractivity contribution in [1.82, 2.24) is 4.90 Å². The molecule has 3 rings (SSSR count). The Hall–Kier alpha value is -3.26. The van der Waals surface area contributed by atoms with Crippen LogP contribution in [-0.4, -0.2) is 40.7 Å². The summed E-state index contributed by atoms with van der Waals surface area (Å²) < 4.78 is 5.04. The number of nitrogens with zero attached hydrogens (tertiary/aromatic N) is 1. The van der Waals surface area contributed by atoms with Gasteiger partial charge in [-0.05, 0) is 59.8 Å². The third-order valence-corrected chi connectivity index (χ3v) is 4.65. The van der Waals surface area contributed by atoms with E-state index in [1.165, 1.54) is 12.1 Å². The molecule has 8 heteroatoms. The first-order valence-electron chi connectivity index (χ1n) is 7.94. The molecule has 1 aliphatic rings. The van der Waals surface area contributed by atoms with Gasteiger partial charge in [-0.1, -0.05) is 12.1 Å². The van der Waals surface area contributed by atoms with Gasteiger partial charge in [0.1, 0.15) is 18.0 Å². The molecule has 0 bridgehead atoms. The van der Waals surface area contributed by atoms with Gasteiger partial charge in [-0.3, -0.25) is 19.3 Å². The fraction of sp³-hybridized carbons (Fsp3) is 0.105. The number of ether oxygens (including phenoxy) is 1. The van der Waals surface area contributed by atoms with Crippen LogP contribution in [0.25, 0.3) is 6.08 Å². The predicted octanol–water partition coefficient (Wildman–Crippen LogP) is 3.08. The molecule has 1 heterocycles. The average Bonchev–Trinajstić information content (AvgIpc) is 2.91. The zero-order valence-corrected chi connectivity index (χ0v) is 15.2. The Morgan fingerprint density at radius 2 is 1.81 bits per heavy atom. The van der Waals surface area contributed by atoms with Crippen LogP contribution in [0.15, 0.2) is 53.4 Å². The molecule has 0 saturated carbocycles. The van der Waals surface area contributed by atoms with E-state index in [0.29, 0.717) is 17.0 Å². The molecule has 2 N–H and O–H groups in total. The maximum atomic E-state index is 12.4. The zero-order valence-electron chi connectivity index (χ0n) is 14.3. The van der Waals surface area contributed by atoms with Crippen molar-refractivity contribution in [2.45, 2.75) is 0 Å². The number of hydrogen-bond acceptors (Lipinski definition) is 6. The molecule has 0 aliphatic carbocycles. The molecule has 7 nitrogen and oxygen atoms in total. The number of phenolic OH excluding ortho intramolecular Hbond substituents is 1. The second kappa shape index (κ2) is 7.96. The van der Waals surface area contributed by atoms with Crippen LogP contribution in [0, 0.1) is 0 Å². The van der Waals surface area contributed by atoms with Crippen molar-refractivity contribution in [1.29, 1.82) is 0 Å². The number of phenols is 1. The van der Waals surface area contributed by atoms with Gasteiger partial charge < -0.3 is 15.2 Å². The molecule has 27 heavy (non-hydrogen) atoms. The highest BCUT2D eigenvalue weighted by atomic mass is 32.2. The Morgan fingerprint density at radius 1 is 1.15 bits per heavy atom. The maximum absolute atomic E-state index is 12.4. The van der Waals surface area contributed by atoms with E-state index in [0.717, 1.165) is 16.7 Å². The maximum Gasteiger partial charge on any atom is 0.294 e. The normalized spacial score (nSPS) is 15.3. The molecule has 3 amide bonds. The van der Waals surface area contributed by atoms with Crippen molar-refractivity contribution < 1.29 is 24.2 Å². The lowest BCUT2D eigenvalue weighted by atomic mass is 10.2. The minimum atomic E-state index is -0.525. The number of benzene rings is 2. The van der Waals surface area contributed by atoms with Crippen LogP contribution in [0.2, 0.25) is 0 Å². The number of thioether (sulfide) groups is 1. The summed E-state index contributed by atoms with van der Waals surface area (Å²) in [6.45, 7) is -0.371. The van der Waals surface area contributed by atoms with Crippen LogP contribution >= 0.6 is 11.8 Å². The third-order valence-electron chi connectivity index (χ3n) is 3.74. The first kappa shape index (κ1) is 18.5. The van der Waals surface area contributed by atoms with E-state index in [-0.39, 0.29) is 17.2 Å². The summed E-state index contributed by atoms with van der Waals surface area (Å²) in [5, 5.41) is 11.4. The highest BCUT2D eigenvalue weighted by molar-refractivity contribution is 8.18. The first-order valence-corrected chi connectivity index (χ1v) is 8.76. The molecular weight excluding hydrogens is 368 g/mol. The summed E-state index contributed by atoms with van der Waals surface area (Å²) in [6, 6.07) is 12.9. The molecule has 1 saturated heterocycles. The first-order chi connectivity index (χ1) is 13.0. The Morgan fingerprint density at radius 3 is 2.44 bits per heavy atom. The summed E-state index contributed by atoms with van der Waals surface area (Å²) in [6.07, 6.45) is 1.55. The predicted molar refractivity (Wildman–Crippen MR) is 102 cm³/mol. The Balaban J connectivity index is 1.65. The summed E-state index contributed by atoms with van der Waals surface area (Å²) in [7, 11) is 1.54. The van der Waals surface area contributed by atoms with Gasteiger partial charge in [-0.2, -0.15) is 0 Å². The van der Waals surface area contributed by atoms with Crippen LogP contribution in [0.4, 0.5) is 10.5 Å². The van der Waals surface area contributed by atoms with Gasteiger partial charge in [0.15, 0.2) is 0 Å². The number of amides is 3. The van der Waals surface area contributed by atoms with Crippen molar-refractivity contribution in [3.8, 4) is 11.5 Å². The van der Waals surface area contributed by atoms with E-state index in [4.69, 9.17) is 4.74 Å². The smallest absolute Gasteiger partial charge is 0.294 e. The largest absolute Gasteiger partial charge is 0.508 e. The zero-order chi connectivity index (χ0) is 19.4. The second-order valence-electron chi connectivity index (χ2n) is 5.64. The summed E-state index contributed by atoms with van der Waals surface area (Å²) in [4.78, 5) is 37.8. The number of methoxy groups -OCH3 is 1. The van der Waals surface area contributed by atoms with E-state index in [2.05, 4.69) is 5.32 Å². The molecule has 0 aromatic heterocycles. The molecule has 0 spiro atoms. The quantitative estimate of drug-likeness (QED) is 0.769. The summed E-state index contributed by atoms with van der Waals surface area (Å²) >= 11 is 0.774. The lowest BCUT2D eigenvalue weighted by molar-refractivity contribution is -0.127. The SMILES string of the molecule is COc1ccc(NC(=O)CN2C(=O)S/C(=C/c3ccc(O)cc3)C2=O)cc1. The molecule has 0 radical (unpaired) electrons.